The van der Waals surface area contributed by atoms with Gasteiger partial charge in [0.25, 0.3) is 0 Å². The number of carbonyl (C=O) groups excluding carboxylic acids is 1. The van der Waals surface area contributed by atoms with Crippen molar-refractivity contribution >= 4 is 12.0 Å². The molecule has 0 saturated heterocycles. The maximum atomic E-state index is 11.9. The standard InChI is InChI=1S/C14H26N2O3/c1-3-5-11-6-8-12(9-7-11)15-14(19)16(4-2)10-13(17)18/h11-12H,3-10H2,1-2H3,(H,15,19)(H,17,18). The van der Waals surface area contributed by atoms with E-state index in [1.54, 1.807) is 6.92 Å². The van der Waals surface area contributed by atoms with Gasteiger partial charge in [-0.1, -0.05) is 19.8 Å². The maximum absolute atomic E-state index is 11.9. The lowest BCUT2D eigenvalue weighted by atomic mass is 9.83. The fourth-order valence-electron chi connectivity index (χ4n) is 2.76. The normalized spacial score (nSPS) is 22.8. The summed E-state index contributed by atoms with van der Waals surface area (Å²) in [6.45, 7) is 4.19. The first kappa shape index (κ1) is 15.8. The molecule has 1 aliphatic carbocycles. The first-order chi connectivity index (χ1) is 9.06. The number of carbonyl (C=O) groups is 2. The number of urea groups is 1. The number of hydrogen-bond acceptors (Lipinski definition) is 2. The topological polar surface area (TPSA) is 69.6 Å². The summed E-state index contributed by atoms with van der Waals surface area (Å²) in [5.41, 5.74) is 0. The van der Waals surface area contributed by atoms with Gasteiger partial charge >= 0.3 is 12.0 Å². The molecule has 1 rings (SSSR count). The third-order valence-corrected chi connectivity index (χ3v) is 3.87. The molecule has 0 aromatic rings. The van der Waals surface area contributed by atoms with E-state index in [1.165, 1.54) is 30.6 Å². The number of likely N-dealkylation sites (N-methyl/N-ethyl adjacent to an activating group) is 1. The van der Waals surface area contributed by atoms with Crippen LogP contribution in [0.15, 0.2) is 0 Å². The largest absolute Gasteiger partial charge is 0.480 e. The van der Waals surface area contributed by atoms with Gasteiger partial charge in [-0.15, -0.1) is 0 Å². The number of amides is 2. The maximum Gasteiger partial charge on any atom is 0.323 e. The molecule has 0 unspecified atom stereocenters. The summed E-state index contributed by atoms with van der Waals surface area (Å²) >= 11 is 0. The average molecular weight is 270 g/mol. The van der Waals surface area contributed by atoms with Crippen molar-refractivity contribution in [2.75, 3.05) is 13.1 Å². The summed E-state index contributed by atoms with van der Waals surface area (Å²) in [5.74, 6) is -0.164. The van der Waals surface area contributed by atoms with Gasteiger partial charge in [-0.25, -0.2) is 4.79 Å². The molecule has 5 heteroatoms. The van der Waals surface area contributed by atoms with Gasteiger partial charge in [-0.3, -0.25) is 4.79 Å². The van der Waals surface area contributed by atoms with Crippen molar-refractivity contribution < 1.29 is 14.7 Å². The van der Waals surface area contributed by atoms with Gasteiger partial charge < -0.3 is 15.3 Å². The quantitative estimate of drug-likeness (QED) is 0.779. The van der Waals surface area contributed by atoms with Crippen molar-refractivity contribution in [2.24, 2.45) is 5.92 Å². The summed E-state index contributed by atoms with van der Waals surface area (Å²) in [7, 11) is 0. The summed E-state index contributed by atoms with van der Waals surface area (Å²) in [6, 6.07) is -0.0349. The van der Waals surface area contributed by atoms with E-state index >= 15 is 0 Å². The number of aliphatic carboxylic acids is 1. The lowest BCUT2D eigenvalue weighted by Crippen LogP contribution is -2.47. The van der Waals surface area contributed by atoms with Crippen LogP contribution in [0, 0.1) is 5.92 Å². The fraction of sp³-hybridized carbons (Fsp3) is 0.857. The molecule has 19 heavy (non-hydrogen) atoms. The van der Waals surface area contributed by atoms with E-state index in [0.29, 0.717) is 6.54 Å². The van der Waals surface area contributed by atoms with Crippen LogP contribution in [0.5, 0.6) is 0 Å². The zero-order valence-corrected chi connectivity index (χ0v) is 12.0. The minimum atomic E-state index is -0.969. The van der Waals surface area contributed by atoms with E-state index in [1.807, 2.05) is 0 Å². The zero-order valence-electron chi connectivity index (χ0n) is 12.0. The summed E-state index contributed by atoms with van der Waals surface area (Å²) in [5, 5.41) is 11.7. The Morgan fingerprint density at radius 3 is 2.32 bits per heavy atom. The van der Waals surface area contributed by atoms with Crippen LogP contribution in [-0.4, -0.2) is 41.1 Å². The Morgan fingerprint density at radius 1 is 1.21 bits per heavy atom. The summed E-state index contributed by atoms with van der Waals surface area (Å²) in [4.78, 5) is 23.9. The molecule has 2 amide bonds. The molecule has 0 aromatic carbocycles. The minimum absolute atomic E-state index is 0.212. The molecule has 1 saturated carbocycles. The number of carboxylic acids is 1. The highest BCUT2D eigenvalue weighted by molar-refractivity contribution is 5.80. The van der Waals surface area contributed by atoms with Crippen LogP contribution in [0.3, 0.4) is 0 Å². The summed E-state index contributed by atoms with van der Waals surface area (Å²) in [6.07, 6.45) is 6.88. The zero-order chi connectivity index (χ0) is 14.3. The Balaban J connectivity index is 2.34. The number of nitrogens with one attached hydrogen (secondary N) is 1. The van der Waals surface area contributed by atoms with E-state index in [-0.39, 0.29) is 18.6 Å². The van der Waals surface area contributed by atoms with Crippen molar-refractivity contribution in [1.82, 2.24) is 10.2 Å². The van der Waals surface area contributed by atoms with Crippen molar-refractivity contribution in [3.63, 3.8) is 0 Å². The number of hydrogen-bond donors (Lipinski definition) is 2. The number of rotatable bonds is 6. The molecule has 5 nitrogen and oxygen atoms in total. The van der Waals surface area contributed by atoms with Crippen LogP contribution in [-0.2, 0) is 4.79 Å². The highest BCUT2D eigenvalue weighted by atomic mass is 16.4. The minimum Gasteiger partial charge on any atom is -0.480 e. The average Bonchev–Trinajstić information content (AvgIpc) is 2.38. The number of nitrogens with zero attached hydrogens (tertiary/aromatic N) is 1. The second kappa shape index (κ2) is 8.02. The van der Waals surface area contributed by atoms with Crippen LogP contribution < -0.4 is 5.32 Å². The van der Waals surface area contributed by atoms with Crippen LogP contribution in [0.25, 0.3) is 0 Å². The third kappa shape index (κ3) is 5.49. The fourth-order valence-corrected chi connectivity index (χ4v) is 2.76. The Bertz CT molecular complexity index is 299. The molecular weight excluding hydrogens is 244 g/mol. The third-order valence-electron chi connectivity index (χ3n) is 3.87. The lowest BCUT2D eigenvalue weighted by Gasteiger charge is -2.30. The highest BCUT2D eigenvalue weighted by Gasteiger charge is 2.24. The van der Waals surface area contributed by atoms with E-state index in [9.17, 15) is 9.59 Å². The van der Waals surface area contributed by atoms with Crippen LogP contribution in [0.4, 0.5) is 4.79 Å². The predicted molar refractivity (Wildman–Crippen MR) is 74.1 cm³/mol. The van der Waals surface area contributed by atoms with Crippen molar-refractivity contribution in [1.29, 1.82) is 0 Å². The Labute approximate surface area is 115 Å². The van der Waals surface area contributed by atoms with Gasteiger partial charge in [0, 0.05) is 12.6 Å². The molecule has 0 bridgehead atoms. The van der Waals surface area contributed by atoms with Gasteiger partial charge in [-0.2, -0.15) is 0 Å². The van der Waals surface area contributed by atoms with Gasteiger partial charge in [-0.05, 0) is 38.5 Å². The first-order valence-electron chi connectivity index (χ1n) is 7.34. The molecule has 0 aromatic heterocycles. The highest BCUT2D eigenvalue weighted by Crippen LogP contribution is 2.27. The van der Waals surface area contributed by atoms with Gasteiger partial charge in [0.15, 0.2) is 0 Å². The molecule has 0 radical (unpaired) electrons. The molecular formula is C14H26N2O3. The molecule has 0 atom stereocenters. The molecule has 110 valence electrons. The van der Waals surface area contributed by atoms with E-state index < -0.39 is 5.97 Å². The second-order valence-corrected chi connectivity index (χ2v) is 5.36. The smallest absolute Gasteiger partial charge is 0.323 e. The lowest BCUT2D eigenvalue weighted by molar-refractivity contribution is -0.137. The molecule has 2 N–H and O–H groups in total. The van der Waals surface area contributed by atoms with E-state index in [4.69, 9.17) is 5.11 Å². The van der Waals surface area contributed by atoms with Crippen LogP contribution >= 0.6 is 0 Å². The van der Waals surface area contributed by atoms with Gasteiger partial charge in [0.2, 0.25) is 0 Å². The second-order valence-electron chi connectivity index (χ2n) is 5.36. The molecule has 0 spiro atoms. The Kier molecular flexibility index (Phi) is 6.67. The summed E-state index contributed by atoms with van der Waals surface area (Å²) < 4.78 is 0. The van der Waals surface area contributed by atoms with Gasteiger partial charge in [0.05, 0.1) is 0 Å². The van der Waals surface area contributed by atoms with Crippen LogP contribution in [0.1, 0.15) is 52.4 Å². The van der Waals surface area contributed by atoms with Crippen molar-refractivity contribution in [2.45, 2.75) is 58.4 Å². The van der Waals surface area contributed by atoms with E-state index in [0.717, 1.165) is 18.8 Å². The SMILES string of the molecule is CCCC1CCC(NC(=O)N(CC)CC(=O)O)CC1. The van der Waals surface area contributed by atoms with Crippen LogP contribution in [0.2, 0.25) is 0 Å². The number of carboxylic acid groups (broad SMARTS) is 1. The molecule has 1 fully saturated rings. The predicted octanol–water partition coefficient (Wildman–Crippen LogP) is 2.46. The van der Waals surface area contributed by atoms with E-state index in [2.05, 4.69) is 12.2 Å². The Hall–Kier alpha value is -1.26. The first-order valence-corrected chi connectivity index (χ1v) is 7.34. The van der Waals surface area contributed by atoms with Crippen molar-refractivity contribution in [3.8, 4) is 0 Å². The molecule has 1 aliphatic rings. The van der Waals surface area contributed by atoms with Gasteiger partial charge in [0.1, 0.15) is 6.54 Å². The van der Waals surface area contributed by atoms with Crippen molar-refractivity contribution in [3.05, 3.63) is 0 Å². The molecule has 0 heterocycles. The Morgan fingerprint density at radius 2 is 1.84 bits per heavy atom. The molecule has 0 aliphatic heterocycles. The monoisotopic (exact) mass is 270 g/mol.